The molecule has 1 unspecified atom stereocenters. The van der Waals surface area contributed by atoms with Crippen molar-refractivity contribution in [1.82, 2.24) is 9.80 Å². The molecule has 0 N–H and O–H groups in total. The number of carbonyl (C=O) groups is 1. The first kappa shape index (κ1) is 21.2. The van der Waals surface area contributed by atoms with E-state index in [9.17, 15) is 13.2 Å². The molecule has 8 heteroatoms. The van der Waals surface area contributed by atoms with Crippen molar-refractivity contribution in [3.05, 3.63) is 59.1 Å². The van der Waals surface area contributed by atoms with Crippen LogP contribution in [0.1, 0.15) is 29.6 Å². The van der Waals surface area contributed by atoms with Crippen LogP contribution in [0.3, 0.4) is 0 Å². The van der Waals surface area contributed by atoms with Crippen molar-refractivity contribution < 1.29 is 13.2 Å². The van der Waals surface area contributed by atoms with Crippen LogP contribution in [0, 0.1) is 0 Å². The van der Waals surface area contributed by atoms with Gasteiger partial charge in [-0.2, -0.15) is 0 Å². The van der Waals surface area contributed by atoms with E-state index in [-0.39, 0.29) is 10.8 Å². The Labute approximate surface area is 183 Å². The van der Waals surface area contributed by atoms with Gasteiger partial charge in [-0.25, -0.2) is 8.42 Å². The van der Waals surface area contributed by atoms with E-state index in [1.165, 1.54) is 36.3 Å². The van der Waals surface area contributed by atoms with Gasteiger partial charge in [0.1, 0.15) is 0 Å². The lowest BCUT2D eigenvalue weighted by Crippen LogP contribution is -2.37. The minimum atomic E-state index is -3.82. The van der Waals surface area contributed by atoms with Gasteiger partial charge in [-0.05, 0) is 68.8 Å². The van der Waals surface area contributed by atoms with E-state index >= 15 is 0 Å². The number of halogens is 1. The normalized spacial score (nSPS) is 19.9. The number of hydrogen-bond donors (Lipinski definition) is 0. The summed E-state index contributed by atoms with van der Waals surface area (Å²) in [6.07, 6.45) is 3.43. The summed E-state index contributed by atoms with van der Waals surface area (Å²) in [4.78, 5) is 17.5. The Balaban J connectivity index is 1.52. The highest BCUT2D eigenvalue weighted by atomic mass is 35.5. The largest absolute Gasteiger partial charge is 0.337 e. The summed E-state index contributed by atoms with van der Waals surface area (Å²) in [5.41, 5.74) is 0.866. The molecule has 0 spiro atoms. The number of likely N-dealkylation sites (tertiary alicyclic amines) is 2. The highest BCUT2D eigenvalue weighted by Gasteiger charge is 2.32. The molecule has 1 atom stereocenters. The van der Waals surface area contributed by atoms with E-state index in [1.807, 2.05) is 4.90 Å². The molecular weight excluding hydrogens is 422 g/mol. The second-order valence-corrected chi connectivity index (χ2v) is 10.3. The summed E-state index contributed by atoms with van der Waals surface area (Å²) >= 11 is 6.01. The zero-order valence-corrected chi connectivity index (χ0v) is 18.6. The van der Waals surface area contributed by atoms with Crippen LogP contribution in [0.2, 0.25) is 5.02 Å². The van der Waals surface area contributed by atoms with Crippen LogP contribution >= 0.6 is 11.6 Å². The Morgan fingerprint density at radius 3 is 2.53 bits per heavy atom. The fourth-order valence-electron chi connectivity index (χ4n) is 4.27. The molecule has 2 saturated heterocycles. The minimum absolute atomic E-state index is 0.0890. The molecule has 2 aromatic rings. The Morgan fingerprint density at radius 2 is 1.80 bits per heavy atom. The molecule has 0 aromatic heterocycles. The van der Waals surface area contributed by atoms with E-state index in [1.54, 1.807) is 36.4 Å². The third kappa shape index (κ3) is 4.19. The van der Waals surface area contributed by atoms with Gasteiger partial charge in [0.2, 0.25) is 0 Å². The maximum atomic E-state index is 13.1. The van der Waals surface area contributed by atoms with Gasteiger partial charge in [-0.15, -0.1) is 0 Å². The van der Waals surface area contributed by atoms with Gasteiger partial charge >= 0.3 is 0 Å². The second-order valence-electron chi connectivity index (χ2n) is 7.92. The van der Waals surface area contributed by atoms with E-state index in [4.69, 9.17) is 11.6 Å². The smallest absolute Gasteiger partial charge is 0.264 e. The molecule has 4 rings (SSSR count). The van der Waals surface area contributed by atoms with Gasteiger partial charge in [0.05, 0.1) is 10.6 Å². The molecule has 0 aliphatic carbocycles. The molecular formula is C22H26ClN3O3S. The van der Waals surface area contributed by atoms with Crippen molar-refractivity contribution in [1.29, 1.82) is 0 Å². The maximum Gasteiger partial charge on any atom is 0.264 e. The second kappa shape index (κ2) is 8.57. The number of carbonyl (C=O) groups excluding carboxylic acids is 1. The predicted octanol–water partition coefficient (Wildman–Crippen LogP) is 3.48. The average molecular weight is 448 g/mol. The standard InChI is InChI=1S/C22H26ClN3O3S/c1-24(19-8-5-7-18(23)15-19)30(28,29)21-9-4-6-17(14-21)22(27)26-13-10-20(16-26)25-11-2-3-12-25/h4-9,14-15,20H,2-3,10-13,16H2,1H3. The average Bonchev–Trinajstić information content (AvgIpc) is 3.44. The van der Waals surface area contributed by atoms with Gasteiger partial charge in [-0.3, -0.25) is 14.0 Å². The van der Waals surface area contributed by atoms with Gasteiger partial charge in [0.15, 0.2) is 0 Å². The number of sulfonamides is 1. The van der Waals surface area contributed by atoms with Crippen molar-refractivity contribution in [3.8, 4) is 0 Å². The Hall–Kier alpha value is -2.09. The van der Waals surface area contributed by atoms with Crippen molar-refractivity contribution >= 4 is 33.2 Å². The molecule has 2 aliphatic heterocycles. The van der Waals surface area contributed by atoms with Crippen molar-refractivity contribution in [2.24, 2.45) is 0 Å². The van der Waals surface area contributed by atoms with Crippen LogP contribution < -0.4 is 4.31 Å². The number of anilines is 1. The third-order valence-electron chi connectivity index (χ3n) is 6.02. The molecule has 2 heterocycles. The Morgan fingerprint density at radius 1 is 1.07 bits per heavy atom. The first-order chi connectivity index (χ1) is 14.4. The molecule has 2 fully saturated rings. The van der Waals surface area contributed by atoms with Gasteiger partial charge < -0.3 is 4.90 Å². The molecule has 1 amide bonds. The zero-order valence-electron chi connectivity index (χ0n) is 17.0. The topological polar surface area (TPSA) is 60.9 Å². The summed E-state index contributed by atoms with van der Waals surface area (Å²) in [6, 6.07) is 13.4. The summed E-state index contributed by atoms with van der Waals surface area (Å²) in [5.74, 6) is -0.112. The third-order valence-corrected chi connectivity index (χ3v) is 8.04. The first-order valence-electron chi connectivity index (χ1n) is 10.2. The summed E-state index contributed by atoms with van der Waals surface area (Å²) in [7, 11) is -2.33. The van der Waals surface area contributed by atoms with Crippen LogP contribution in [-0.2, 0) is 10.0 Å². The van der Waals surface area contributed by atoms with E-state index < -0.39 is 10.0 Å². The van der Waals surface area contributed by atoms with E-state index in [2.05, 4.69) is 4.90 Å². The summed E-state index contributed by atoms with van der Waals surface area (Å²) in [6.45, 7) is 3.63. The Kier molecular flexibility index (Phi) is 6.04. The van der Waals surface area contributed by atoms with Gasteiger partial charge in [0, 0.05) is 36.8 Å². The summed E-state index contributed by atoms with van der Waals surface area (Å²) in [5, 5.41) is 0.458. The van der Waals surface area contributed by atoms with Gasteiger partial charge in [0.25, 0.3) is 15.9 Å². The molecule has 30 heavy (non-hydrogen) atoms. The van der Waals surface area contributed by atoms with Crippen LogP contribution in [0.5, 0.6) is 0 Å². The van der Waals surface area contributed by atoms with Crippen molar-refractivity contribution in [2.45, 2.75) is 30.2 Å². The van der Waals surface area contributed by atoms with E-state index in [0.717, 1.165) is 19.5 Å². The monoisotopic (exact) mass is 447 g/mol. The zero-order chi connectivity index (χ0) is 21.3. The molecule has 6 nitrogen and oxygen atoms in total. The number of nitrogens with zero attached hydrogens (tertiary/aromatic N) is 3. The number of benzene rings is 2. The Bertz CT molecular complexity index is 1040. The number of amides is 1. The van der Waals surface area contributed by atoms with E-state index in [0.29, 0.717) is 35.4 Å². The lowest BCUT2D eigenvalue weighted by Gasteiger charge is -2.24. The van der Waals surface area contributed by atoms with Crippen LogP contribution in [0.4, 0.5) is 5.69 Å². The number of rotatable bonds is 5. The van der Waals surface area contributed by atoms with Crippen LogP contribution in [-0.4, -0.2) is 63.4 Å². The fraction of sp³-hybridized carbons (Fsp3) is 0.409. The predicted molar refractivity (Wildman–Crippen MR) is 119 cm³/mol. The molecule has 0 radical (unpaired) electrons. The minimum Gasteiger partial charge on any atom is -0.337 e. The molecule has 0 bridgehead atoms. The molecule has 2 aliphatic rings. The summed E-state index contributed by atoms with van der Waals surface area (Å²) < 4.78 is 27.4. The maximum absolute atomic E-state index is 13.1. The molecule has 2 aromatic carbocycles. The van der Waals surface area contributed by atoms with Crippen LogP contribution in [0.25, 0.3) is 0 Å². The van der Waals surface area contributed by atoms with Crippen molar-refractivity contribution in [2.75, 3.05) is 37.5 Å². The highest BCUT2D eigenvalue weighted by molar-refractivity contribution is 7.92. The fourth-order valence-corrected chi connectivity index (χ4v) is 5.69. The lowest BCUT2D eigenvalue weighted by molar-refractivity contribution is 0.0780. The quantitative estimate of drug-likeness (QED) is 0.704. The van der Waals surface area contributed by atoms with Gasteiger partial charge in [-0.1, -0.05) is 23.7 Å². The van der Waals surface area contributed by atoms with Crippen LogP contribution in [0.15, 0.2) is 53.4 Å². The molecule has 0 saturated carbocycles. The SMILES string of the molecule is CN(c1cccc(Cl)c1)S(=O)(=O)c1cccc(C(=O)N2CCC(N3CCCC3)C2)c1. The lowest BCUT2D eigenvalue weighted by atomic mass is 10.2. The molecule has 160 valence electrons. The van der Waals surface area contributed by atoms with Crippen molar-refractivity contribution in [3.63, 3.8) is 0 Å². The number of hydrogen-bond acceptors (Lipinski definition) is 4. The first-order valence-corrected chi connectivity index (χ1v) is 12.1. The highest BCUT2D eigenvalue weighted by Crippen LogP contribution is 2.26.